The molecule has 0 bridgehead atoms. The summed E-state index contributed by atoms with van der Waals surface area (Å²) in [6.45, 7) is 7.54. The standard InChI is InChI=1S/C37H59N3O2/c1-4-7-9-11-13-15-17-19-21-36(41)38-32-23-27-34(28-24-32)40(31-6-3)35-29-25-33(26-30-35)39-37(42)22-20-18-16-14-12-10-8-5-2/h23-30H,4-22,31H2,1-3H3,(H,38,41)(H,39,42). The minimum atomic E-state index is 0.0965. The zero-order valence-corrected chi connectivity index (χ0v) is 27.0. The highest BCUT2D eigenvalue weighted by Crippen LogP contribution is 2.28. The van der Waals surface area contributed by atoms with Gasteiger partial charge in [0.15, 0.2) is 0 Å². The Balaban J connectivity index is 1.76. The molecule has 5 heteroatoms. The van der Waals surface area contributed by atoms with Crippen LogP contribution in [0, 0.1) is 0 Å². The molecule has 0 aromatic heterocycles. The number of carbonyl (C=O) groups is 2. The quantitative estimate of drug-likeness (QED) is 0.122. The van der Waals surface area contributed by atoms with Gasteiger partial charge in [-0.05, 0) is 67.8 Å². The minimum Gasteiger partial charge on any atom is -0.341 e. The van der Waals surface area contributed by atoms with Gasteiger partial charge in [0.1, 0.15) is 0 Å². The monoisotopic (exact) mass is 577 g/mol. The average molecular weight is 578 g/mol. The van der Waals surface area contributed by atoms with Crippen LogP contribution in [0.3, 0.4) is 0 Å². The van der Waals surface area contributed by atoms with Gasteiger partial charge in [0.25, 0.3) is 0 Å². The number of carbonyl (C=O) groups excluding carboxylic acids is 2. The van der Waals surface area contributed by atoms with Crippen molar-refractivity contribution in [2.45, 2.75) is 143 Å². The molecule has 0 spiro atoms. The lowest BCUT2D eigenvalue weighted by molar-refractivity contribution is -0.117. The maximum Gasteiger partial charge on any atom is 0.224 e. The smallest absolute Gasteiger partial charge is 0.224 e. The number of hydrogen-bond acceptors (Lipinski definition) is 3. The predicted molar refractivity (Wildman–Crippen MR) is 182 cm³/mol. The van der Waals surface area contributed by atoms with Crippen LogP contribution in [0.1, 0.15) is 143 Å². The zero-order valence-electron chi connectivity index (χ0n) is 27.0. The minimum absolute atomic E-state index is 0.0965. The van der Waals surface area contributed by atoms with Crippen molar-refractivity contribution in [1.82, 2.24) is 0 Å². The van der Waals surface area contributed by atoms with Crippen molar-refractivity contribution in [2.24, 2.45) is 0 Å². The van der Waals surface area contributed by atoms with Gasteiger partial charge >= 0.3 is 0 Å². The highest BCUT2D eigenvalue weighted by atomic mass is 16.2. The number of benzene rings is 2. The normalized spacial score (nSPS) is 10.9. The summed E-state index contributed by atoms with van der Waals surface area (Å²) in [7, 11) is 0. The summed E-state index contributed by atoms with van der Waals surface area (Å²) >= 11 is 0. The van der Waals surface area contributed by atoms with Crippen LogP contribution in [0.5, 0.6) is 0 Å². The third kappa shape index (κ3) is 15.4. The highest BCUT2D eigenvalue weighted by molar-refractivity contribution is 5.91. The van der Waals surface area contributed by atoms with Gasteiger partial charge in [-0.2, -0.15) is 0 Å². The first kappa shape index (κ1) is 35.4. The van der Waals surface area contributed by atoms with Gasteiger partial charge in [-0.25, -0.2) is 0 Å². The number of hydrogen-bond donors (Lipinski definition) is 2. The van der Waals surface area contributed by atoms with Crippen molar-refractivity contribution in [2.75, 3.05) is 22.1 Å². The van der Waals surface area contributed by atoms with E-state index in [9.17, 15) is 9.59 Å². The molecule has 0 aliphatic rings. The second-order valence-corrected chi connectivity index (χ2v) is 11.8. The lowest BCUT2D eigenvalue weighted by atomic mass is 10.1. The number of nitrogens with zero attached hydrogens (tertiary/aromatic N) is 1. The van der Waals surface area contributed by atoms with Crippen LogP contribution in [0.15, 0.2) is 48.5 Å². The van der Waals surface area contributed by atoms with Crippen LogP contribution in [0.4, 0.5) is 22.7 Å². The average Bonchev–Trinajstić information content (AvgIpc) is 2.99. The van der Waals surface area contributed by atoms with Crippen molar-refractivity contribution >= 4 is 34.6 Å². The molecule has 2 amide bonds. The maximum atomic E-state index is 12.4. The summed E-state index contributed by atoms with van der Waals surface area (Å²) in [6, 6.07) is 16.2. The Morgan fingerprint density at radius 2 is 0.810 bits per heavy atom. The fourth-order valence-corrected chi connectivity index (χ4v) is 5.37. The lowest BCUT2D eigenvalue weighted by Gasteiger charge is -2.25. The first-order chi connectivity index (χ1) is 20.6. The van der Waals surface area contributed by atoms with Crippen molar-refractivity contribution in [1.29, 1.82) is 0 Å². The van der Waals surface area contributed by atoms with Crippen LogP contribution in [0.2, 0.25) is 0 Å². The van der Waals surface area contributed by atoms with E-state index in [1.54, 1.807) is 0 Å². The van der Waals surface area contributed by atoms with E-state index in [1.807, 2.05) is 24.3 Å². The first-order valence-electron chi connectivity index (χ1n) is 17.1. The van der Waals surface area contributed by atoms with Gasteiger partial charge in [0.05, 0.1) is 0 Å². The largest absolute Gasteiger partial charge is 0.341 e. The molecule has 2 aromatic carbocycles. The van der Waals surface area contributed by atoms with E-state index in [-0.39, 0.29) is 11.8 Å². The van der Waals surface area contributed by atoms with Crippen LogP contribution < -0.4 is 15.5 Å². The van der Waals surface area contributed by atoms with Crippen LogP contribution >= 0.6 is 0 Å². The number of anilines is 4. The Labute approximate surface area is 257 Å². The lowest BCUT2D eigenvalue weighted by Crippen LogP contribution is -2.18. The van der Waals surface area contributed by atoms with E-state index >= 15 is 0 Å². The van der Waals surface area contributed by atoms with Gasteiger partial charge in [-0.15, -0.1) is 0 Å². The predicted octanol–water partition coefficient (Wildman–Crippen LogP) is 11.2. The van der Waals surface area contributed by atoms with Gasteiger partial charge in [0, 0.05) is 42.1 Å². The number of nitrogens with one attached hydrogen (secondary N) is 2. The molecular weight excluding hydrogens is 518 g/mol. The van der Waals surface area contributed by atoms with Crippen LogP contribution in [-0.2, 0) is 9.59 Å². The molecule has 0 unspecified atom stereocenters. The molecule has 0 saturated heterocycles. The van der Waals surface area contributed by atoms with Crippen molar-refractivity contribution in [3.05, 3.63) is 48.5 Å². The van der Waals surface area contributed by atoms with Gasteiger partial charge in [-0.3, -0.25) is 9.59 Å². The third-order valence-electron chi connectivity index (χ3n) is 7.89. The Bertz CT molecular complexity index is 894. The van der Waals surface area contributed by atoms with Crippen LogP contribution in [-0.4, -0.2) is 18.4 Å². The van der Waals surface area contributed by atoms with Crippen molar-refractivity contribution < 1.29 is 9.59 Å². The molecule has 2 rings (SSSR count). The zero-order chi connectivity index (χ0) is 30.3. The first-order valence-corrected chi connectivity index (χ1v) is 17.1. The molecule has 42 heavy (non-hydrogen) atoms. The molecule has 0 aliphatic carbocycles. The SMILES string of the molecule is CCCCCCCCCCC(=O)Nc1ccc(N(CCC)c2ccc(NC(=O)CCCCCCCCCC)cc2)cc1. The number of amides is 2. The Kier molecular flexibility index (Phi) is 19.2. The van der Waals surface area contributed by atoms with Crippen LogP contribution in [0.25, 0.3) is 0 Å². The Hall–Kier alpha value is -2.82. The second-order valence-electron chi connectivity index (χ2n) is 11.8. The molecular formula is C37H59N3O2. The highest BCUT2D eigenvalue weighted by Gasteiger charge is 2.10. The summed E-state index contributed by atoms with van der Waals surface area (Å²) in [5.74, 6) is 0.193. The van der Waals surface area contributed by atoms with Crippen molar-refractivity contribution in [3.63, 3.8) is 0 Å². The van der Waals surface area contributed by atoms with E-state index in [1.165, 1.54) is 77.0 Å². The topological polar surface area (TPSA) is 61.4 Å². The van der Waals surface area contributed by atoms with Gasteiger partial charge in [0.2, 0.25) is 11.8 Å². The second kappa shape index (κ2) is 22.7. The van der Waals surface area contributed by atoms with Crippen molar-refractivity contribution in [3.8, 4) is 0 Å². The molecule has 2 aromatic rings. The van der Waals surface area contributed by atoms with E-state index in [4.69, 9.17) is 0 Å². The molecule has 0 fully saturated rings. The maximum absolute atomic E-state index is 12.4. The van der Waals surface area contributed by atoms with E-state index < -0.39 is 0 Å². The molecule has 0 radical (unpaired) electrons. The Morgan fingerprint density at radius 3 is 1.14 bits per heavy atom. The summed E-state index contributed by atoms with van der Waals surface area (Å²) in [5, 5.41) is 6.12. The Morgan fingerprint density at radius 1 is 0.476 bits per heavy atom. The van der Waals surface area contributed by atoms with E-state index in [2.05, 4.69) is 60.6 Å². The fraction of sp³-hybridized carbons (Fsp3) is 0.622. The number of rotatable bonds is 24. The molecule has 0 aliphatic heterocycles. The van der Waals surface area contributed by atoms with E-state index in [0.717, 1.165) is 61.4 Å². The van der Waals surface area contributed by atoms with Gasteiger partial charge in [-0.1, -0.05) is 111 Å². The third-order valence-corrected chi connectivity index (χ3v) is 7.89. The van der Waals surface area contributed by atoms with Gasteiger partial charge < -0.3 is 15.5 Å². The summed E-state index contributed by atoms with van der Waals surface area (Å²) in [4.78, 5) is 27.1. The molecule has 234 valence electrons. The summed E-state index contributed by atoms with van der Waals surface area (Å²) < 4.78 is 0. The molecule has 5 nitrogen and oxygen atoms in total. The molecule has 0 heterocycles. The van der Waals surface area contributed by atoms with E-state index in [0.29, 0.717) is 12.8 Å². The molecule has 0 saturated carbocycles. The summed E-state index contributed by atoms with van der Waals surface area (Å²) in [5.41, 5.74) is 3.86. The fourth-order valence-electron chi connectivity index (χ4n) is 5.37. The summed E-state index contributed by atoms with van der Waals surface area (Å²) in [6.07, 6.45) is 21.9. The molecule has 0 atom stereocenters. The molecule has 2 N–H and O–H groups in total. The number of unbranched alkanes of at least 4 members (excludes halogenated alkanes) is 14.